The standard InChI is InChI=1S/C16H24O2/c1-10(2)14(6)18-9-16(17)15-8-12(4)11(3)7-13(15)5/h7-8,10,14H,9H2,1-6H3. The molecule has 0 amide bonds. The molecular weight excluding hydrogens is 224 g/mol. The van der Waals surface area contributed by atoms with Gasteiger partial charge in [0.05, 0.1) is 6.10 Å². The molecule has 0 spiro atoms. The SMILES string of the molecule is Cc1cc(C)c(C(=O)COC(C)C(C)C)cc1C. The van der Waals surface area contributed by atoms with Gasteiger partial charge in [0, 0.05) is 5.56 Å². The lowest BCUT2D eigenvalue weighted by molar-refractivity contribution is 0.0336. The molecule has 2 nitrogen and oxygen atoms in total. The Hall–Kier alpha value is -1.15. The molecule has 0 radical (unpaired) electrons. The summed E-state index contributed by atoms with van der Waals surface area (Å²) in [5.74, 6) is 0.502. The third-order valence-corrected chi connectivity index (χ3v) is 3.56. The Morgan fingerprint density at radius 3 is 2.17 bits per heavy atom. The average molecular weight is 248 g/mol. The number of ketones is 1. The van der Waals surface area contributed by atoms with Crippen molar-refractivity contribution in [3.05, 3.63) is 34.4 Å². The number of ether oxygens (including phenoxy) is 1. The minimum absolute atomic E-state index is 0.0723. The van der Waals surface area contributed by atoms with E-state index in [2.05, 4.69) is 26.8 Å². The van der Waals surface area contributed by atoms with Crippen molar-refractivity contribution in [2.75, 3.05) is 6.61 Å². The van der Waals surface area contributed by atoms with Crippen LogP contribution in [0.15, 0.2) is 12.1 Å². The van der Waals surface area contributed by atoms with Crippen molar-refractivity contribution in [3.63, 3.8) is 0 Å². The zero-order chi connectivity index (χ0) is 13.9. The van der Waals surface area contributed by atoms with E-state index in [1.54, 1.807) is 0 Å². The largest absolute Gasteiger partial charge is 0.370 e. The monoisotopic (exact) mass is 248 g/mol. The molecule has 1 rings (SSSR count). The molecule has 0 heterocycles. The summed E-state index contributed by atoms with van der Waals surface area (Å²) in [6.45, 7) is 12.4. The summed E-state index contributed by atoms with van der Waals surface area (Å²) in [5.41, 5.74) is 4.19. The van der Waals surface area contributed by atoms with E-state index in [0.717, 1.165) is 16.7 Å². The number of carbonyl (C=O) groups is 1. The normalized spacial score (nSPS) is 12.8. The van der Waals surface area contributed by atoms with Gasteiger partial charge in [-0.2, -0.15) is 0 Å². The highest BCUT2D eigenvalue weighted by Gasteiger charge is 2.14. The Morgan fingerprint density at radius 1 is 1.06 bits per heavy atom. The van der Waals surface area contributed by atoms with Gasteiger partial charge in [-0.3, -0.25) is 4.79 Å². The third kappa shape index (κ3) is 3.67. The molecule has 0 aliphatic heterocycles. The van der Waals surface area contributed by atoms with E-state index in [1.807, 2.05) is 26.8 Å². The molecular formula is C16H24O2. The Labute approximate surface area is 110 Å². The maximum absolute atomic E-state index is 12.1. The molecule has 0 bridgehead atoms. The summed E-state index contributed by atoms with van der Waals surface area (Å²) in [5, 5.41) is 0. The van der Waals surface area contributed by atoms with E-state index in [1.165, 1.54) is 5.56 Å². The molecule has 0 aliphatic rings. The lowest BCUT2D eigenvalue weighted by atomic mass is 9.98. The Bertz CT molecular complexity index is 433. The van der Waals surface area contributed by atoms with Gasteiger partial charge in [-0.15, -0.1) is 0 Å². The molecule has 1 aromatic rings. The van der Waals surface area contributed by atoms with Gasteiger partial charge < -0.3 is 4.74 Å². The maximum Gasteiger partial charge on any atom is 0.188 e. The molecule has 1 unspecified atom stereocenters. The molecule has 0 saturated heterocycles. The molecule has 18 heavy (non-hydrogen) atoms. The Morgan fingerprint density at radius 2 is 1.61 bits per heavy atom. The number of hydrogen-bond acceptors (Lipinski definition) is 2. The minimum Gasteiger partial charge on any atom is -0.370 e. The van der Waals surface area contributed by atoms with Crippen LogP contribution < -0.4 is 0 Å². The molecule has 100 valence electrons. The number of aryl methyl sites for hydroxylation is 3. The fraction of sp³-hybridized carbons (Fsp3) is 0.562. The molecule has 0 fully saturated rings. The van der Waals surface area contributed by atoms with E-state index < -0.39 is 0 Å². The molecule has 1 atom stereocenters. The van der Waals surface area contributed by atoms with Gasteiger partial charge in [0.2, 0.25) is 0 Å². The summed E-state index contributed by atoms with van der Waals surface area (Å²) in [4.78, 5) is 12.1. The van der Waals surface area contributed by atoms with E-state index in [9.17, 15) is 4.79 Å². The van der Waals surface area contributed by atoms with Gasteiger partial charge in [0.15, 0.2) is 5.78 Å². The maximum atomic E-state index is 12.1. The van der Waals surface area contributed by atoms with Crippen molar-refractivity contribution >= 4 is 5.78 Å². The smallest absolute Gasteiger partial charge is 0.188 e. The van der Waals surface area contributed by atoms with Crippen molar-refractivity contribution in [2.45, 2.75) is 47.6 Å². The van der Waals surface area contributed by atoms with Crippen molar-refractivity contribution in [1.82, 2.24) is 0 Å². The quantitative estimate of drug-likeness (QED) is 0.740. The van der Waals surface area contributed by atoms with Crippen LogP contribution in [0.4, 0.5) is 0 Å². The zero-order valence-electron chi connectivity index (χ0n) is 12.3. The fourth-order valence-electron chi connectivity index (χ4n) is 1.74. The molecule has 0 aliphatic carbocycles. The number of hydrogen-bond donors (Lipinski definition) is 0. The van der Waals surface area contributed by atoms with Gasteiger partial charge in [-0.05, 0) is 56.4 Å². The molecule has 0 aromatic heterocycles. The zero-order valence-corrected chi connectivity index (χ0v) is 12.3. The first-order chi connectivity index (χ1) is 8.32. The van der Waals surface area contributed by atoms with Crippen LogP contribution in [0.2, 0.25) is 0 Å². The summed E-state index contributed by atoms with van der Waals surface area (Å²) >= 11 is 0. The number of carbonyl (C=O) groups excluding carboxylic acids is 1. The van der Waals surface area contributed by atoms with Crippen LogP contribution >= 0.6 is 0 Å². The summed E-state index contributed by atoms with van der Waals surface area (Å²) in [7, 11) is 0. The average Bonchev–Trinajstić information content (AvgIpc) is 2.30. The highest BCUT2D eigenvalue weighted by Crippen LogP contribution is 2.16. The first kappa shape index (κ1) is 14.9. The second kappa shape index (κ2) is 6.14. The highest BCUT2D eigenvalue weighted by atomic mass is 16.5. The number of Topliss-reactive ketones (excluding diaryl/α,β-unsaturated/α-hetero) is 1. The second-order valence-corrected chi connectivity index (χ2v) is 5.43. The van der Waals surface area contributed by atoms with Crippen molar-refractivity contribution in [2.24, 2.45) is 5.92 Å². The van der Waals surface area contributed by atoms with Gasteiger partial charge in [0.1, 0.15) is 6.61 Å². The Balaban J connectivity index is 2.76. The first-order valence-corrected chi connectivity index (χ1v) is 6.55. The lowest BCUT2D eigenvalue weighted by Gasteiger charge is -2.16. The number of benzene rings is 1. The molecule has 1 aromatic carbocycles. The van der Waals surface area contributed by atoms with Crippen LogP contribution in [0, 0.1) is 26.7 Å². The first-order valence-electron chi connectivity index (χ1n) is 6.55. The van der Waals surface area contributed by atoms with Crippen molar-refractivity contribution < 1.29 is 9.53 Å². The summed E-state index contributed by atoms with van der Waals surface area (Å²) in [6, 6.07) is 4.03. The van der Waals surface area contributed by atoms with Crippen LogP contribution in [0.3, 0.4) is 0 Å². The number of rotatable bonds is 5. The molecule has 2 heteroatoms. The minimum atomic E-state index is 0.0723. The van der Waals surface area contributed by atoms with Gasteiger partial charge in [-0.25, -0.2) is 0 Å². The van der Waals surface area contributed by atoms with Crippen LogP contribution in [0.25, 0.3) is 0 Å². The topological polar surface area (TPSA) is 26.3 Å². The van der Waals surface area contributed by atoms with Gasteiger partial charge >= 0.3 is 0 Å². The van der Waals surface area contributed by atoms with E-state index in [4.69, 9.17) is 4.74 Å². The van der Waals surface area contributed by atoms with E-state index >= 15 is 0 Å². The highest BCUT2D eigenvalue weighted by molar-refractivity contribution is 5.98. The summed E-state index contributed by atoms with van der Waals surface area (Å²) in [6.07, 6.45) is 0.112. The molecule has 0 saturated carbocycles. The predicted octanol–water partition coefficient (Wildman–Crippen LogP) is 3.86. The lowest BCUT2D eigenvalue weighted by Crippen LogP contribution is -2.21. The van der Waals surface area contributed by atoms with E-state index in [-0.39, 0.29) is 18.5 Å². The van der Waals surface area contributed by atoms with Gasteiger partial charge in [-0.1, -0.05) is 19.9 Å². The van der Waals surface area contributed by atoms with Crippen LogP contribution in [0.5, 0.6) is 0 Å². The second-order valence-electron chi connectivity index (χ2n) is 5.43. The van der Waals surface area contributed by atoms with Gasteiger partial charge in [0.25, 0.3) is 0 Å². The van der Waals surface area contributed by atoms with Crippen LogP contribution in [-0.2, 0) is 4.74 Å². The third-order valence-electron chi connectivity index (χ3n) is 3.56. The predicted molar refractivity (Wildman–Crippen MR) is 75.2 cm³/mol. The van der Waals surface area contributed by atoms with Crippen molar-refractivity contribution in [1.29, 1.82) is 0 Å². The van der Waals surface area contributed by atoms with Crippen molar-refractivity contribution in [3.8, 4) is 0 Å². The summed E-state index contributed by atoms with van der Waals surface area (Å²) < 4.78 is 5.60. The Kier molecular flexibility index (Phi) is 5.09. The molecule has 0 N–H and O–H groups in total. The van der Waals surface area contributed by atoms with Crippen LogP contribution in [-0.4, -0.2) is 18.5 Å². The van der Waals surface area contributed by atoms with Crippen LogP contribution in [0.1, 0.15) is 47.8 Å². The van der Waals surface area contributed by atoms with E-state index in [0.29, 0.717) is 5.92 Å². The fourth-order valence-corrected chi connectivity index (χ4v) is 1.74.